The first-order chi connectivity index (χ1) is 9.49. The van der Waals surface area contributed by atoms with Gasteiger partial charge in [0.1, 0.15) is 5.54 Å². The highest BCUT2D eigenvalue weighted by Gasteiger charge is 2.52. The Balaban J connectivity index is 1.79. The van der Waals surface area contributed by atoms with Gasteiger partial charge in [0.25, 0.3) is 0 Å². The lowest BCUT2D eigenvalue weighted by atomic mass is 9.91. The van der Waals surface area contributed by atoms with E-state index in [1.165, 1.54) is 0 Å². The summed E-state index contributed by atoms with van der Waals surface area (Å²) in [5.41, 5.74) is 1.18. The molecular weight excluding hydrogens is 254 g/mol. The Morgan fingerprint density at radius 2 is 2.15 bits per heavy atom. The molecule has 2 fully saturated rings. The molecule has 1 aliphatic carbocycles. The van der Waals surface area contributed by atoms with Gasteiger partial charge in [-0.15, -0.1) is 0 Å². The van der Waals surface area contributed by atoms with E-state index >= 15 is 0 Å². The molecule has 20 heavy (non-hydrogen) atoms. The predicted octanol–water partition coefficient (Wildman–Crippen LogP) is 1.02. The van der Waals surface area contributed by atoms with Crippen LogP contribution in [0.1, 0.15) is 31.0 Å². The standard InChI is InChI=1S/C15H19N3O2/c1-10-3-4-11(7-16-10)8-18-9-13(19)17-15(2,14(18)20)12-5-6-12/h3-4,7,12H,5-6,8-9H2,1-2H3,(H,17,19). The molecule has 2 heterocycles. The molecule has 1 aromatic rings. The van der Waals surface area contributed by atoms with Gasteiger partial charge in [-0.3, -0.25) is 14.6 Å². The van der Waals surface area contributed by atoms with Crippen LogP contribution < -0.4 is 5.32 Å². The van der Waals surface area contributed by atoms with Gasteiger partial charge in [0, 0.05) is 18.4 Å². The molecule has 1 N–H and O–H groups in total. The molecule has 1 aromatic heterocycles. The van der Waals surface area contributed by atoms with E-state index in [0.717, 1.165) is 24.1 Å². The number of amides is 2. The maximum Gasteiger partial charge on any atom is 0.249 e. The lowest BCUT2D eigenvalue weighted by Gasteiger charge is -2.40. The monoisotopic (exact) mass is 273 g/mol. The van der Waals surface area contributed by atoms with Gasteiger partial charge >= 0.3 is 0 Å². The number of hydrogen-bond donors (Lipinski definition) is 1. The second kappa shape index (κ2) is 4.58. The third-order valence-electron chi connectivity index (χ3n) is 4.20. The number of aromatic nitrogens is 1. The molecule has 5 nitrogen and oxygen atoms in total. The molecule has 0 aromatic carbocycles. The summed E-state index contributed by atoms with van der Waals surface area (Å²) in [5, 5.41) is 2.88. The average Bonchev–Trinajstić information content (AvgIpc) is 3.23. The van der Waals surface area contributed by atoms with Crippen molar-refractivity contribution in [3.05, 3.63) is 29.6 Å². The summed E-state index contributed by atoms with van der Waals surface area (Å²) in [6, 6.07) is 3.88. The number of rotatable bonds is 3. The highest BCUT2D eigenvalue weighted by Crippen LogP contribution is 2.41. The number of aryl methyl sites for hydroxylation is 1. The van der Waals surface area contributed by atoms with Crippen LogP contribution in [0, 0.1) is 12.8 Å². The fraction of sp³-hybridized carbons (Fsp3) is 0.533. The summed E-state index contributed by atoms with van der Waals surface area (Å²) in [4.78, 5) is 30.4. The summed E-state index contributed by atoms with van der Waals surface area (Å²) in [6.45, 7) is 4.36. The minimum atomic E-state index is -0.715. The Bertz CT molecular complexity index is 551. The minimum Gasteiger partial charge on any atom is -0.340 e. The summed E-state index contributed by atoms with van der Waals surface area (Å²) >= 11 is 0. The fourth-order valence-electron chi connectivity index (χ4n) is 2.83. The maximum atomic E-state index is 12.6. The van der Waals surface area contributed by atoms with E-state index in [2.05, 4.69) is 10.3 Å². The van der Waals surface area contributed by atoms with Gasteiger partial charge < -0.3 is 10.2 Å². The fourth-order valence-corrected chi connectivity index (χ4v) is 2.83. The largest absolute Gasteiger partial charge is 0.340 e. The summed E-state index contributed by atoms with van der Waals surface area (Å²) in [5.74, 6) is 0.247. The first-order valence-corrected chi connectivity index (χ1v) is 7.01. The first kappa shape index (κ1) is 13.1. The van der Waals surface area contributed by atoms with E-state index in [4.69, 9.17) is 0 Å². The Labute approximate surface area is 118 Å². The molecule has 106 valence electrons. The van der Waals surface area contributed by atoms with Crippen LogP contribution in [0.15, 0.2) is 18.3 Å². The van der Waals surface area contributed by atoms with E-state index in [1.54, 1.807) is 11.1 Å². The van der Waals surface area contributed by atoms with Crippen LogP contribution in [0.2, 0.25) is 0 Å². The zero-order valence-electron chi connectivity index (χ0n) is 11.8. The second-order valence-corrected chi connectivity index (χ2v) is 5.99. The normalized spacial score (nSPS) is 26.6. The Kier molecular flexibility index (Phi) is 3.00. The van der Waals surface area contributed by atoms with Crippen molar-refractivity contribution >= 4 is 11.8 Å². The van der Waals surface area contributed by atoms with Crippen LogP contribution in [0.3, 0.4) is 0 Å². The second-order valence-electron chi connectivity index (χ2n) is 5.99. The van der Waals surface area contributed by atoms with Crippen LogP contribution in [0.5, 0.6) is 0 Å². The van der Waals surface area contributed by atoms with Crippen molar-refractivity contribution < 1.29 is 9.59 Å². The van der Waals surface area contributed by atoms with Crippen LogP contribution >= 0.6 is 0 Å². The topological polar surface area (TPSA) is 62.3 Å². The summed E-state index contributed by atoms with van der Waals surface area (Å²) in [6.07, 6.45) is 3.80. The van der Waals surface area contributed by atoms with Crippen molar-refractivity contribution in [2.75, 3.05) is 6.54 Å². The summed E-state index contributed by atoms with van der Waals surface area (Å²) < 4.78 is 0. The highest BCUT2D eigenvalue weighted by atomic mass is 16.2. The predicted molar refractivity (Wildman–Crippen MR) is 73.7 cm³/mol. The van der Waals surface area contributed by atoms with Crippen molar-refractivity contribution in [1.82, 2.24) is 15.2 Å². The SMILES string of the molecule is Cc1ccc(CN2CC(=O)NC(C)(C3CC3)C2=O)cn1. The molecule has 2 amide bonds. The Morgan fingerprint density at radius 3 is 2.75 bits per heavy atom. The molecule has 2 aliphatic rings. The lowest BCUT2D eigenvalue weighted by molar-refractivity contribution is -0.150. The molecule has 1 aliphatic heterocycles. The molecule has 1 atom stereocenters. The highest BCUT2D eigenvalue weighted by molar-refractivity contribution is 5.98. The molecule has 1 saturated carbocycles. The van der Waals surface area contributed by atoms with Crippen molar-refractivity contribution in [3.8, 4) is 0 Å². The number of hydrogen-bond acceptors (Lipinski definition) is 3. The number of piperazine rings is 1. The molecule has 3 rings (SSSR count). The minimum absolute atomic E-state index is 0.0279. The van der Waals surface area contributed by atoms with E-state index in [1.807, 2.05) is 26.0 Å². The summed E-state index contributed by atoms with van der Waals surface area (Å²) in [7, 11) is 0. The van der Waals surface area contributed by atoms with Gasteiger partial charge in [-0.05, 0) is 44.2 Å². The number of nitrogens with one attached hydrogen (secondary N) is 1. The van der Waals surface area contributed by atoms with Gasteiger partial charge in [-0.1, -0.05) is 6.07 Å². The zero-order chi connectivity index (χ0) is 14.3. The quantitative estimate of drug-likeness (QED) is 0.894. The lowest BCUT2D eigenvalue weighted by Crippen LogP contribution is -2.66. The Morgan fingerprint density at radius 1 is 1.40 bits per heavy atom. The molecule has 1 saturated heterocycles. The van der Waals surface area contributed by atoms with Crippen molar-refractivity contribution in [2.45, 2.75) is 38.8 Å². The van der Waals surface area contributed by atoms with Gasteiger partial charge in [0.2, 0.25) is 11.8 Å². The number of pyridine rings is 1. The Hall–Kier alpha value is -1.91. The number of carbonyl (C=O) groups excluding carboxylic acids is 2. The molecule has 0 radical (unpaired) electrons. The van der Waals surface area contributed by atoms with Crippen LogP contribution in [0.25, 0.3) is 0 Å². The smallest absolute Gasteiger partial charge is 0.249 e. The maximum absolute atomic E-state index is 12.6. The zero-order valence-corrected chi connectivity index (χ0v) is 11.8. The van der Waals surface area contributed by atoms with E-state index in [-0.39, 0.29) is 24.3 Å². The van der Waals surface area contributed by atoms with Gasteiger partial charge in [0.15, 0.2) is 0 Å². The molecular formula is C15H19N3O2. The third-order valence-corrected chi connectivity index (χ3v) is 4.20. The van der Waals surface area contributed by atoms with Crippen molar-refractivity contribution in [1.29, 1.82) is 0 Å². The molecule has 1 unspecified atom stereocenters. The average molecular weight is 273 g/mol. The molecule has 0 spiro atoms. The third kappa shape index (κ3) is 2.28. The molecule has 0 bridgehead atoms. The van der Waals surface area contributed by atoms with Crippen molar-refractivity contribution in [3.63, 3.8) is 0 Å². The van der Waals surface area contributed by atoms with E-state index < -0.39 is 5.54 Å². The van der Waals surface area contributed by atoms with E-state index in [0.29, 0.717) is 6.54 Å². The van der Waals surface area contributed by atoms with Gasteiger partial charge in [-0.25, -0.2) is 0 Å². The van der Waals surface area contributed by atoms with Crippen molar-refractivity contribution in [2.24, 2.45) is 5.92 Å². The molecule has 5 heteroatoms. The van der Waals surface area contributed by atoms with Crippen LogP contribution in [-0.2, 0) is 16.1 Å². The van der Waals surface area contributed by atoms with Gasteiger partial charge in [-0.2, -0.15) is 0 Å². The first-order valence-electron chi connectivity index (χ1n) is 7.01. The van der Waals surface area contributed by atoms with E-state index in [9.17, 15) is 9.59 Å². The van der Waals surface area contributed by atoms with Gasteiger partial charge in [0.05, 0.1) is 6.54 Å². The van der Waals surface area contributed by atoms with Crippen LogP contribution in [0.4, 0.5) is 0 Å². The van der Waals surface area contributed by atoms with Crippen LogP contribution in [-0.4, -0.2) is 33.8 Å². The number of nitrogens with zero attached hydrogens (tertiary/aromatic N) is 2. The number of carbonyl (C=O) groups is 2.